The second-order valence-electron chi connectivity index (χ2n) is 3.23. The third-order valence-corrected chi connectivity index (χ3v) is 2.11. The van der Waals surface area contributed by atoms with Gasteiger partial charge in [0.15, 0.2) is 0 Å². The van der Waals surface area contributed by atoms with Crippen LogP contribution in [0.3, 0.4) is 0 Å². The van der Waals surface area contributed by atoms with Crippen molar-refractivity contribution in [3.05, 3.63) is 0 Å². The minimum atomic E-state index is 0.279. The molecule has 0 saturated carbocycles. The highest BCUT2D eigenvalue weighted by atomic mass is 16.5. The maximum atomic E-state index is 10.5. The molecule has 1 heterocycles. The number of morpholine rings is 1. The van der Waals surface area contributed by atoms with Gasteiger partial charge < -0.3 is 9.64 Å². The third-order valence-electron chi connectivity index (χ3n) is 2.11. The lowest BCUT2D eigenvalue weighted by Crippen LogP contribution is -2.47. The van der Waals surface area contributed by atoms with Gasteiger partial charge in [-0.15, -0.1) is 0 Å². The van der Waals surface area contributed by atoms with Crippen molar-refractivity contribution in [2.75, 3.05) is 19.8 Å². The predicted octanol–water partition coefficient (Wildman–Crippen LogP) is 0.500. The van der Waals surface area contributed by atoms with Gasteiger partial charge in [0, 0.05) is 6.54 Å². The molecule has 64 valence electrons. The first-order valence-electron chi connectivity index (χ1n) is 4.04. The van der Waals surface area contributed by atoms with E-state index >= 15 is 0 Å². The standard InChI is InChI=1S/C8H15NO2/c1-7(2)8-5-11-4-3-9(8)6-10/h6-8H,3-5H2,1-2H3. The molecule has 1 aliphatic rings. The zero-order valence-electron chi connectivity index (χ0n) is 7.12. The minimum absolute atomic E-state index is 0.279. The van der Waals surface area contributed by atoms with Crippen molar-refractivity contribution in [3.63, 3.8) is 0 Å². The van der Waals surface area contributed by atoms with Gasteiger partial charge in [0.2, 0.25) is 6.41 Å². The van der Waals surface area contributed by atoms with Gasteiger partial charge in [0.05, 0.1) is 19.3 Å². The Morgan fingerprint density at radius 1 is 1.64 bits per heavy atom. The molecule has 0 aromatic heterocycles. The molecule has 0 radical (unpaired) electrons. The Labute approximate surface area is 67.3 Å². The number of hydrogen-bond acceptors (Lipinski definition) is 2. The number of carbonyl (C=O) groups is 1. The molecule has 11 heavy (non-hydrogen) atoms. The summed E-state index contributed by atoms with van der Waals surface area (Å²) < 4.78 is 5.27. The SMILES string of the molecule is CC(C)C1COCCN1C=O. The summed E-state index contributed by atoms with van der Waals surface area (Å²) in [6.07, 6.45) is 0.924. The van der Waals surface area contributed by atoms with Crippen LogP contribution >= 0.6 is 0 Å². The Hall–Kier alpha value is -0.570. The molecular weight excluding hydrogens is 142 g/mol. The molecule has 0 aromatic carbocycles. The van der Waals surface area contributed by atoms with E-state index in [9.17, 15) is 4.79 Å². The van der Waals surface area contributed by atoms with Crippen LogP contribution < -0.4 is 0 Å². The second-order valence-corrected chi connectivity index (χ2v) is 3.23. The smallest absolute Gasteiger partial charge is 0.210 e. The van der Waals surface area contributed by atoms with E-state index < -0.39 is 0 Å². The number of carbonyl (C=O) groups excluding carboxylic acids is 1. The van der Waals surface area contributed by atoms with Crippen LogP contribution in [-0.4, -0.2) is 37.1 Å². The van der Waals surface area contributed by atoms with Crippen LogP contribution in [0.15, 0.2) is 0 Å². The highest BCUT2D eigenvalue weighted by Gasteiger charge is 2.23. The van der Waals surface area contributed by atoms with Gasteiger partial charge in [0.25, 0.3) is 0 Å². The molecule has 3 nitrogen and oxygen atoms in total. The average molecular weight is 157 g/mol. The van der Waals surface area contributed by atoms with Crippen LogP contribution in [0, 0.1) is 5.92 Å². The normalized spacial score (nSPS) is 25.7. The molecular formula is C8H15NO2. The Balaban J connectivity index is 2.51. The summed E-state index contributed by atoms with van der Waals surface area (Å²) >= 11 is 0. The van der Waals surface area contributed by atoms with Crippen LogP contribution in [0.4, 0.5) is 0 Å². The van der Waals surface area contributed by atoms with E-state index in [2.05, 4.69) is 13.8 Å². The first-order chi connectivity index (χ1) is 5.25. The highest BCUT2D eigenvalue weighted by molar-refractivity contribution is 5.48. The van der Waals surface area contributed by atoms with E-state index in [1.54, 1.807) is 0 Å². The maximum absolute atomic E-state index is 10.5. The minimum Gasteiger partial charge on any atom is -0.377 e. The molecule has 1 amide bonds. The number of ether oxygens (including phenoxy) is 1. The van der Waals surface area contributed by atoms with Crippen molar-refractivity contribution in [2.24, 2.45) is 5.92 Å². The van der Waals surface area contributed by atoms with E-state index in [1.807, 2.05) is 4.90 Å². The van der Waals surface area contributed by atoms with Gasteiger partial charge in [0.1, 0.15) is 0 Å². The molecule has 1 rings (SSSR count). The first kappa shape index (κ1) is 8.53. The van der Waals surface area contributed by atoms with Crippen molar-refractivity contribution in [1.29, 1.82) is 0 Å². The number of nitrogens with zero attached hydrogens (tertiary/aromatic N) is 1. The van der Waals surface area contributed by atoms with Crippen molar-refractivity contribution in [1.82, 2.24) is 4.90 Å². The molecule has 1 saturated heterocycles. The van der Waals surface area contributed by atoms with E-state index in [1.165, 1.54) is 0 Å². The van der Waals surface area contributed by atoms with Gasteiger partial charge >= 0.3 is 0 Å². The lowest BCUT2D eigenvalue weighted by Gasteiger charge is -2.35. The van der Waals surface area contributed by atoms with Crippen molar-refractivity contribution < 1.29 is 9.53 Å². The molecule has 1 atom stereocenters. The van der Waals surface area contributed by atoms with Gasteiger partial charge in [-0.1, -0.05) is 13.8 Å². The van der Waals surface area contributed by atoms with E-state index in [-0.39, 0.29) is 6.04 Å². The van der Waals surface area contributed by atoms with E-state index in [0.29, 0.717) is 19.1 Å². The van der Waals surface area contributed by atoms with Crippen LogP contribution in [0.1, 0.15) is 13.8 Å². The molecule has 1 aliphatic heterocycles. The van der Waals surface area contributed by atoms with Crippen molar-refractivity contribution in [3.8, 4) is 0 Å². The summed E-state index contributed by atoms with van der Waals surface area (Å²) in [6.45, 7) is 6.33. The summed E-state index contributed by atoms with van der Waals surface area (Å²) in [7, 11) is 0. The molecule has 1 fully saturated rings. The summed E-state index contributed by atoms with van der Waals surface area (Å²) in [4.78, 5) is 12.4. The summed E-state index contributed by atoms with van der Waals surface area (Å²) in [5.74, 6) is 0.487. The van der Waals surface area contributed by atoms with Crippen molar-refractivity contribution >= 4 is 6.41 Å². The number of hydrogen-bond donors (Lipinski definition) is 0. The van der Waals surface area contributed by atoms with Crippen LogP contribution in [0.2, 0.25) is 0 Å². The summed E-state index contributed by atoms with van der Waals surface area (Å²) in [5.41, 5.74) is 0. The molecule has 0 spiro atoms. The summed E-state index contributed by atoms with van der Waals surface area (Å²) in [5, 5.41) is 0. The van der Waals surface area contributed by atoms with E-state index in [0.717, 1.165) is 13.0 Å². The zero-order chi connectivity index (χ0) is 8.27. The van der Waals surface area contributed by atoms with Gasteiger partial charge in [-0.3, -0.25) is 4.79 Å². The lowest BCUT2D eigenvalue weighted by molar-refractivity contribution is -0.128. The molecule has 0 N–H and O–H groups in total. The molecule has 0 aromatic rings. The second kappa shape index (κ2) is 3.72. The maximum Gasteiger partial charge on any atom is 0.210 e. The molecule has 0 aliphatic carbocycles. The van der Waals surface area contributed by atoms with Crippen LogP contribution in [-0.2, 0) is 9.53 Å². The summed E-state index contributed by atoms with van der Waals surface area (Å²) in [6, 6.07) is 0.279. The fraction of sp³-hybridized carbons (Fsp3) is 0.875. The zero-order valence-corrected chi connectivity index (χ0v) is 7.12. The monoisotopic (exact) mass is 157 g/mol. The van der Waals surface area contributed by atoms with Gasteiger partial charge in [-0.2, -0.15) is 0 Å². The largest absolute Gasteiger partial charge is 0.377 e. The van der Waals surface area contributed by atoms with E-state index in [4.69, 9.17) is 4.74 Å². The Kier molecular flexibility index (Phi) is 2.88. The number of rotatable bonds is 2. The highest BCUT2D eigenvalue weighted by Crippen LogP contribution is 2.12. The average Bonchev–Trinajstić information content (AvgIpc) is 2.04. The topological polar surface area (TPSA) is 29.5 Å². The molecule has 0 bridgehead atoms. The lowest BCUT2D eigenvalue weighted by atomic mass is 10.0. The third kappa shape index (κ3) is 1.93. The van der Waals surface area contributed by atoms with Gasteiger partial charge in [-0.25, -0.2) is 0 Å². The fourth-order valence-electron chi connectivity index (χ4n) is 1.34. The first-order valence-corrected chi connectivity index (χ1v) is 4.04. The quantitative estimate of drug-likeness (QED) is 0.546. The Bertz CT molecular complexity index is 136. The fourth-order valence-corrected chi connectivity index (χ4v) is 1.34. The van der Waals surface area contributed by atoms with Crippen LogP contribution in [0.5, 0.6) is 0 Å². The number of amides is 1. The molecule has 1 unspecified atom stereocenters. The molecule has 3 heteroatoms. The Morgan fingerprint density at radius 3 is 2.82 bits per heavy atom. The van der Waals surface area contributed by atoms with Crippen molar-refractivity contribution in [2.45, 2.75) is 19.9 Å². The van der Waals surface area contributed by atoms with Crippen LogP contribution in [0.25, 0.3) is 0 Å². The Morgan fingerprint density at radius 2 is 2.36 bits per heavy atom. The van der Waals surface area contributed by atoms with Gasteiger partial charge in [-0.05, 0) is 5.92 Å². The predicted molar refractivity (Wildman–Crippen MR) is 42.2 cm³/mol.